The van der Waals surface area contributed by atoms with Gasteiger partial charge in [0.1, 0.15) is 0 Å². The van der Waals surface area contributed by atoms with E-state index in [0.29, 0.717) is 18.5 Å². The van der Waals surface area contributed by atoms with Gasteiger partial charge in [-0.25, -0.2) is 9.97 Å². The van der Waals surface area contributed by atoms with E-state index in [1.165, 1.54) is 0 Å². The standard InChI is InChI=1S/C9H15BrN4/c1-2-8(3-4-11)14-9-12-5-7(10)6-13-9/h5-6,8H,2-4,11H2,1H3,(H,12,13,14). The molecule has 0 amide bonds. The monoisotopic (exact) mass is 258 g/mol. The highest BCUT2D eigenvalue weighted by molar-refractivity contribution is 9.10. The molecule has 0 spiro atoms. The summed E-state index contributed by atoms with van der Waals surface area (Å²) in [4.78, 5) is 8.28. The highest BCUT2D eigenvalue weighted by Crippen LogP contribution is 2.09. The van der Waals surface area contributed by atoms with Gasteiger partial charge in [-0.2, -0.15) is 0 Å². The molecule has 14 heavy (non-hydrogen) atoms. The van der Waals surface area contributed by atoms with Gasteiger partial charge in [-0.15, -0.1) is 0 Å². The predicted molar refractivity (Wildman–Crippen MR) is 61.1 cm³/mol. The molecule has 78 valence electrons. The number of halogens is 1. The SMILES string of the molecule is CCC(CCN)Nc1ncc(Br)cn1. The van der Waals surface area contributed by atoms with E-state index in [1.807, 2.05) is 0 Å². The van der Waals surface area contributed by atoms with Crippen LogP contribution in [0.3, 0.4) is 0 Å². The van der Waals surface area contributed by atoms with Crippen LogP contribution in [0, 0.1) is 0 Å². The van der Waals surface area contributed by atoms with E-state index in [-0.39, 0.29) is 0 Å². The zero-order chi connectivity index (χ0) is 10.4. The maximum Gasteiger partial charge on any atom is 0.222 e. The third-order valence-corrected chi connectivity index (χ3v) is 2.37. The van der Waals surface area contributed by atoms with E-state index < -0.39 is 0 Å². The van der Waals surface area contributed by atoms with Gasteiger partial charge < -0.3 is 11.1 Å². The Kier molecular flexibility index (Phi) is 4.82. The summed E-state index contributed by atoms with van der Waals surface area (Å²) in [6.45, 7) is 2.80. The van der Waals surface area contributed by atoms with Crippen molar-refractivity contribution in [1.82, 2.24) is 9.97 Å². The van der Waals surface area contributed by atoms with Crippen LogP contribution in [0.25, 0.3) is 0 Å². The molecular formula is C9H15BrN4. The Morgan fingerprint density at radius 3 is 2.64 bits per heavy atom. The van der Waals surface area contributed by atoms with Crippen LogP contribution in [-0.4, -0.2) is 22.6 Å². The third-order valence-electron chi connectivity index (χ3n) is 1.96. The van der Waals surface area contributed by atoms with Crippen LogP contribution in [0.2, 0.25) is 0 Å². The lowest BCUT2D eigenvalue weighted by atomic mass is 10.1. The van der Waals surface area contributed by atoms with Crippen molar-refractivity contribution in [2.24, 2.45) is 5.73 Å². The maximum atomic E-state index is 5.49. The summed E-state index contributed by atoms with van der Waals surface area (Å²) in [5.74, 6) is 0.661. The Morgan fingerprint density at radius 2 is 2.14 bits per heavy atom. The van der Waals surface area contributed by atoms with Crippen LogP contribution >= 0.6 is 15.9 Å². The van der Waals surface area contributed by atoms with Crippen LogP contribution in [0.15, 0.2) is 16.9 Å². The van der Waals surface area contributed by atoms with Gasteiger partial charge in [-0.3, -0.25) is 0 Å². The number of anilines is 1. The number of hydrogen-bond donors (Lipinski definition) is 2. The zero-order valence-electron chi connectivity index (χ0n) is 8.20. The number of aromatic nitrogens is 2. The third kappa shape index (κ3) is 3.59. The second-order valence-electron chi connectivity index (χ2n) is 3.05. The summed E-state index contributed by atoms with van der Waals surface area (Å²) in [6.07, 6.45) is 5.42. The largest absolute Gasteiger partial charge is 0.351 e. The molecule has 0 aliphatic heterocycles. The first-order valence-electron chi connectivity index (χ1n) is 4.70. The van der Waals surface area contributed by atoms with Gasteiger partial charge >= 0.3 is 0 Å². The van der Waals surface area contributed by atoms with Gasteiger partial charge in [0, 0.05) is 18.4 Å². The molecule has 0 radical (unpaired) electrons. The van der Waals surface area contributed by atoms with Crippen LogP contribution in [-0.2, 0) is 0 Å². The topological polar surface area (TPSA) is 63.8 Å². The lowest BCUT2D eigenvalue weighted by Gasteiger charge is -2.15. The zero-order valence-corrected chi connectivity index (χ0v) is 9.79. The first-order chi connectivity index (χ1) is 6.76. The van der Waals surface area contributed by atoms with Gasteiger partial charge in [0.15, 0.2) is 0 Å². The van der Waals surface area contributed by atoms with E-state index in [4.69, 9.17) is 5.73 Å². The quantitative estimate of drug-likeness (QED) is 0.846. The predicted octanol–water partition coefficient (Wildman–Crippen LogP) is 1.78. The van der Waals surface area contributed by atoms with Crippen LogP contribution in [0.4, 0.5) is 5.95 Å². The minimum absolute atomic E-state index is 0.362. The number of hydrogen-bond acceptors (Lipinski definition) is 4. The molecule has 4 nitrogen and oxygen atoms in total. The molecule has 0 aromatic carbocycles. The average Bonchev–Trinajstić information content (AvgIpc) is 2.20. The van der Waals surface area contributed by atoms with E-state index in [2.05, 4.69) is 38.1 Å². The number of nitrogens with two attached hydrogens (primary N) is 1. The molecule has 0 bridgehead atoms. The van der Waals surface area contributed by atoms with Gasteiger partial charge in [0.2, 0.25) is 5.95 Å². The molecule has 0 saturated heterocycles. The smallest absolute Gasteiger partial charge is 0.222 e. The molecule has 0 saturated carbocycles. The molecule has 1 unspecified atom stereocenters. The van der Waals surface area contributed by atoms with Crippen molar-refractivity contribution in [1.29, 1.82) is 0 Å². The molecule has 1 rings (SSSR count). The van der Waals surface area contributed by atoms with Gasteiger partial charge in [-0.1, -0.05) is 6.92 Å². The highest BCUT2D eigenvalue weighted by Gasteiger charge is 2.05. The summed E-state index contributed by atoms with van der Waals surface area (Å²) < 4.78 is 0.884. The van der Waals surface area contributed by atoms with Crippen molar-refractivity contribution < 1.29 is 0 Å². The fourth-order valence-corrected chi connectivity index (χ4v) is 1.35. The average molecular weight is 259 g/mol. The Morgan fingerprint density at radius 1 is 1.50 bits per heavy atom. The maximum absolute atomic E-state index is 5.49. The van der Waals surface area contributed by atoms with E-state index in [1.54, 1.807) is 12.4 Å². The van der Waals surface area contributed by atoms with E-state index in [0.717, 1.165) is 17.3 Å². The van der Waals surface area contributed by atoms with E-state index in [9.17, 15) is 0 Å². The van der Waals surface area contributed by atoms with Crippen molar-refractivity contribution in [2.45, 2.75) is 25.8 Å². The van der Waals surface area contributed by atoms with Crippen molar-refractivity contribution in [3.05, 3.63) is 16.9 Å². The molecule has 1 atom stereocenters. The molecule has 1 aromatic heterocycles. The summed E-state index contributed by atoms with van der Waals surface area (Å²) in [6, 6.07) is 0.362. The Bertz CT molecular complexity index is 262. The van der Waals surface area contributed by atoms with Crippen molar-refractivity contribution in [2.75, 3.05) is 11.9 Å². The minimum atomic E-state index is 0.362. The lowest BCUT2D eigenvalue weighted by molar-refractivity contribution is 0.636. The van der Waals surface area contributed by atoms with Crippen molar-refractivity contribution >= 4 is 21.9 Å². The normalized spacial score (nSPS) is 12.5. The summed E-state index contributed by atoms with van der Waals surface area (Å²) in [5, 5.41) is 3.23. The van der Waals surface area contributed by atoms with Crippen molar-refractivity contribution in [3.63, 3.8) is 0 Å². The Hall–Kier alpha value is -0.680. The molecular weight excluding hydrogens is 244 g/mol. The number of nitrogens with zero attached hydrogens (tertiary/aromatic N) is 2. The minimum Gasteiger partial charge on any atom is -0.351 e. The molecule has 1 heterocycles. The molecule has 1 aromatic rings. The second-order valence-corrected chi connectivity index (χ2v) is 3.97. The second kappa shape index (κ2) is 5.93. The number of rotatable bonds is 5. The summed E-state index contributed by atoms with van der Waals surface area (Å²) in [5.41, 5.74) is 5.49. The Balaban J connectivity index is 2.53. The van der Waals surface area contributed by atoms with Gasteiger partial charge in [0.05, 0.1) is 4.47 Å². The van der Waals surface area contributed by atoms with Crippen LogP contribution < -0.4 is 11.1 Å². The Labute approximate surface area is 92.5 Å². The van der Waals surface area contributed by atoms with E-state index >= 15 is 0 Å². The molecule has 0 aliphatic rings. The molecule has 3 N–H and O–H groups in total. The number of nitrogens with one attached hydrogen (secondary N) is 1. The van der Waals surface area contributed by atoms with Crippen molar-refractivity contribution in [3.8, 4) is 0 Å². The fraction of sp³-hybridized carbons (Fsp3) is 0.556. The van der Waals surface area contributed by atoms with Gasteiger partial charge in [0.25, 0.3) is 0 Å². The highest BCUT2D eigenvalue weighted by atomic mass is 79.9. The van der Waals surface area contributed by atoms with Crippen LogP contribution in [0.1, 0.15) is 19.8 Å². The summed E-state index contributed by atoms with van der Waals surface area (Å²) >= 11 is 3.29. The van der Waals surface area contributed by atoms with Gasteiger partial charge in [-0.05, 0) is 35.3 Å². The summed E-state index contributed by atoms with van der Waals surface area (Å²) in [7, 11) is 0. The molecule has 5 heteroatoms. The van der Waals surface area contributed by atoms with Crippen LogP contribution in [0.5, 0.6) is 0 Å². The first-order valence-corrected chi connectivity index (χ1v) is 5.49. The molecule has 0 aliphatic carbocycles. The lowest BCUT2D eigenvalue weighted by Crippen LogP contribution is -2.23. The first kappa shape index (κ1) is 11.4. The molecule has 0 fully saturated rings. The fourth-order valence-electron chi connectivity index (χ4n) is 1.15.